The standard InChI is InChI=1S/C23H17FN6OS/c24-17-11-5-4-10-16(17)21-28-29-23(30(21)15-8-2-1-3-9-15)32-14-20(31)27-22-25-18-12-6-7-13-19(18)26-22/h1-13H,14H2,(H2,25,26,27,31). The summed E-state index contributed by atoms with van der Waals surface area (Å²) >= 11 is 1.21. The van der Waals surface area contributed by atoms with E-state index in [0.29, 0.717) is 22.5 Å². The molecule has 2 N–H and O–H groups in total. The van der Waals surface area contributed by atoms with E-state index in [-0.39, 0.29) is 11.7 Å². The number of rotatable bonds is 6. The van der Waals surface area contributed by atoms with Crippen LogP contribution in [0.15, 0.2) is 84.0 Å². The molecule has 0 unspecified atom stereocenters. The third kappa shape index (κ3) is 3.97. The Morgan fingerprint density at radius 1 is 0.969 bits per heavy atom. The summed E-state index contributed by atoms with van der Waals surface area (Å²) < 4.78 is 16.2. The summed E-state index contributed by atoms with van der Waals surface area (Å²) in [6.07, 6.45) is 0. The monoisotopic (exact) mass is 444 g/mol. The van der Waals surface area contributed by atoms with Gasteiger partial charge in [0.1, 0.15) is 5.82 Å². The van der Waals surface area contributed by atoms with Crippen molar-refractivity contribution in [3.05, 3.63) is 84.7 Å². The molecule has 0 aliphatic heterocycles. The number of carbonyl (C=O) groups excluding carboxylic acids is 1. The Kier molecular flexibility index (Phi) is 5.39. The van der Waals surface area contributed by atoms with E-state index in [9.17, 15) is 9.18 Å². The number of fused-ring (bicyclic) bond motifs is 1. The molecule has 0 saturated carbocycles. The van der Waals surface area contributed by atoms with E-state index >= 15 is 0 Å². The van der Waals surface area contributed by atoms with Crippen molar-refractivity contribution in [2.75, 3.05) is 11.1 Å². The summed E-state index contributed by atoms with van der Waals surface area (Å²) in [5, 5.41) is 11.7. The lowest BCUT2D eigenvalue weighted by Crippen LogP contribution is -2.15. The normalized spacial score (nSPS) is 11.0. The molecule has 7 nitrogen and oxygen atoms in total. The van der Waals surface area contributed by atoms with E-state index in [1.54, 1.807) is 22.8 Å². The topological polar surface area (TPSA) is 88.5 Å². The number of aromatic nitrogens is 5. The zero-order valence-corrected chi connectivity index (χ0v) is 17.5. The van der Waals surface area contributed by atoms with Crippen molar-refractivity contribution in [2.45, 2.75) is 5.16 Å². The second-order valence-corrected chi connectivity index (χ2v) is 7.84. The maximum atomic E-state index is 14.5. The summed E-state index contributed by atoms with van der Waals surface area (Å²) in [4.78, 5) is 20.0. The van der Waals surface area contributed by atoms with Gasteiger partial charge >= 0.3 is 0 Å². The molecule has 0 aliphatic rings. The van der Waals surface area contributed by atoms with Crippen LogP contribution < -0.4 is 5.32 Å². The summed E-state index contributed by atoms with van der Waals surface area (Å²) in [5.41, 5.74) is 2.72. The predicted molar refractivity (Wildman–Crippen MR) is 122 cm³/mol. The average molecular weight is 444 g/mol. The molecule has 0 saturated heterocycles. The van der Waals surface area contributed by atoms with Crippen molar-refractivity contribution in [3.63, 3.8) is 0 Å². The molecule has 0 spiro atoms. The van der Waals surface area contributed by atoms with Crippen molar-refractivity contribution in [1.29, 1.82) is 0 Å². The zero-order valence-electron chi connectivity index (χ0n) is 16.7. The average Bonchev–Trinajstić information content (AvgIpc) is 3.42. The number of hydrogen-bond acceptors (Lipinski definition) is 5. The molecule has 0 aliphatic carbocycles. The summed E-state index contributed by atoms with van der Waals surface area (Å²) in [6, 6.07) is 23.3. The zero-order chi connectivity index (χ0) is 21.9. The first-order valence-electron chi connectivity index (χ1n) is 9.82. The highest BCUT2D eigenvalue weighted by molar-refractivity contribution is 7.99. The minimum absolute atomic E-state index is 0.0826. The van der Waals surface area contributed by atoms with Crippen LogP contribution >= 0.6 is 11.8 Å². The first-order chi connectivity index (χ1) is 15.7. The molecule has 0 bridgehead atoms. The number of benzene rings is 3. The Morgan fingerprint density at radius 3 is 2.53 bits per heavy atom. The molecule has 32 heavy (non-hydrogen) atoms. The molecule has 0 fully saturated rings. The molecular weight excluding hydrogens is 427 g/mol. The van der Waals surface area contributed by atoms with Crippen LogP contribution in [0.25, 0.3) is 28.1 Å². The highest BCUT2D eigenvalue weighted by Crippen LogP contribution is 2.29. The van der Waals surface area contributed by atoms with Crippen LogP contribution in [0, 0.1) is 5.82 Å². The fraction of sp³-hybridized carbons (Fsp3) is 0.0435. The number of aromatic amines is 1. The first-order valence-corrected chi connectivity index (χ1v) is 10.8. The molecule has 0 radical (unpaired) electrons. The van der Waals surface area contributed by atoms with E-state index in [1.807, 2.05) is 54.6 Å². The number of para-hydroxylation sites is 3. The highest BCUT2D eigenvalue weighted by Gasteiger charge is 2.19. The fourth-order valence-electron chi connectivity index (χ4n) is 3.30. The molecule has 0 atom stereocenters. The van der Waals surface area contributed by atoms with Gasteiger partial charge in [0.2, 0.25) is 11.9 Å². The molecule has 158 valence electrons. The Balaban J connectivity index is 1.40. The van der Waals surface area contributed by atoms with Gasteiger partial charge in [0.25, 0.3) is 0 Å². The quantitative estimate of drug-likeness (QED) is 0.371. The molecule has 2 heterocycles. The Labute approximate surface area is 186 Å². The maximum absolute atomic E-state index is 14.5. The number of anilines is 1. The largest absolute Gasteiger partial charge is 0.324 e. The first kappa shape index (κ1) is 20.0. The van der Waals surface area contributed by atoms with Gasteiger partial charge in [-0.15, -0.1) is 10.2 Å². The molecule has 3 aromatic carbocycles. The lowest BCUT2D eigenvalue weighted by atomic mass is 10.2. The van der Waals surface area contributed by atoms with Gasteiger partial charge in [0.05, 0.1) is 22.3 Å². The second kappa shape index (κ2) is 8.64. The van der Waals surface area contributed by atoms with Gasteiger partial charge < -0.3 is 4.98 Å². The van der Waals surface area contributed by atoms with Crippen LogP contribution in [-0.2, 0) is 4.79 Å². The van der Waals surface area contributed by atoms with Crippen molar-refractivity contribution in [3.8, 4) is 17.1 Å². The van der Waals surface area contributed by atoms with Crippen LogP contribution in [0.3, 0.4) is 0 Å². The smallest absolute Gasteiger partial charge is 0.237 e. The number of nitrogens with zero attached hydrogens (tertiary/aromatic N) is 4. The number of carbonyl (C=O) groups is 1. The number of amides is 1. The Morgan fingerprint density at radius 2 is 1.72 bits per heavy atom. The predicted octanol–water partition coefficient (Wildman–Crippen LogP) is 4.68. The number of H-pyrrole nitrogens is 1. The summed E-state index contributed by atoms with van der Waals surface area (Å²) in [6.45, 7) is 0. The van der Waals surface area contributed by atoms with E-state index in [4.69, 9.17) is 0 Å². The van der Waals surface area contributed by atoms with Gasteiger partial charge in [0.15, 0.2) is 11.0 Å². The van der Waals surface area contributed by atoms with Crippen molar-refractivity contribution in [1.82, 2.24) is 24.7 Å². The van der Waals surface area contributed by atoms with E-state index in [1.165, 1.54) is 17.8 Å². The van der Waals surface area contributed by atoms with E-state index < -0.39 is 5.82 Å². The van der Waals surface area contributed by atoms with Gasteiger partial charge in [-0.1, -0.05) is 54.2 Å². The van der Waals surface area contributed by atoms with E-state index in [0.717, 1.165) is 16.7 Å². The third-order valence-corrected chi connectivity index (χ3v) is 5.67. The van der Waals surface area contributed by atoms with Gasteiger partial charge in [-0.2, -0.15) is 0 Å². The maximum Gasteiger partial charge on any atom is 0.237 e. The molecule has 9 heteroatoms. The minimum atomic E-state index is -0.392. The Hall–Kier alpha value is -3.98. The number of halogens is 1. The van der Waals surface area contributed by atoms with Crippen LogP contribution in [-0.4, -0.2) is 36.4 Å². The Bertz CT molecular complexity index is 1370. The highest BCUT2D eigenvalue weighted by atomic mass is 32.2. The molecule has 5 rings (SSSR count). The fourth-order valence-corrected chi connectivity index (χ4v) is 4.05. The lowest BCUT2D eigenvalue weighted by molar-refractivity contribution is -0.113. The molecule has 1 amide bonds. The van der Waals surface area contributed by atoms with E-state index in [2.05, 4.69) is 25.5 Å². The van der Waals surface area contributed by atoms with Crippen LogP contribution in [0.1, 0.15) is 0 Å². The second-order valence-electron chi connectivity index (χ2n) is 6.90. The van der Waals surface area contributed by atoms with Gasteiger partial charge in [-0.05, 0) is 36.4 Å². The van der Waals surface area contributed by atoms with Crippen LogP contribution in [0.2, 0.25) is 0 Å². The lowest BCUT2D eigenvalue weighted by Gasteiger charge is -2.10. The molecule has 5 aromatic rings. The number of imidazole rings is 1. The minimum Gasteiger partial charge on any atom is -0.324 e. The molecule has 2 aromatic heterocycles. The summed E-state index contributed by atoms with van der Waals surface area (Å²) in [5.74, 6) is 0.197. The third-order valence-electron chi connectivity index (χ3n) is 4.74. The number of hydrogen-bond donors (Lipinski definition) is 2. The molecular formula is C23H17FN6OS. The number of thioether (sulfide) groups is 1. The van der Waals surface area contributed by atoms with Gasteiger partial charge in [-0.3, -0.25) is 14.7 Å². The summed E-state index contributed by atoms with van der Waals surface area (Å²) in [7, 11) is 0. The van der Waals surface area contributed by atoms with Crippen molar-refractivity contribution >= 4 is 34.7 Å². The number of nitrogens with one attached hydrogen (secondary N) is 2. The van der Waals surface area contributed by atoms with Crippen LogP contribution in [0.4, 0.5) is 10.3 Å². The van der Waals surface area contributed by atoms with Gasteiger partial charge in [0, 0.05) is 5.69 Å². The van der Waals surface area contributed by atoms with Gasteiger partial charge in [-0.25, -0.2) is 9.37 Å². The SMILES string of the molecule is O=C(CSc1nnc(-c2ccccc2F)n1-c1ccccc1)Nc1nc2ccccc2[nH]1. The van der Waals surface area contributed by atoms with Crippen LogP contribution in [0.5, 0.6) is 0 Å². The van der Waals surface area contributed by atoms with Crippen molar-refractivity contribution < 1.29 is 9.18 Å². The van der Waals surface area contributed by atoms with Crippen molar-refractivity contribution in [2.24, 2.45) is 0 Å².